The van der Waals surface area contributed by atoms with Crippen LogP contribution >= 0.6 is 0 Å². The third kappa shape index (κ3) is 2.36. The van der Waals surface area contributed by atoms with Crippen molar-refractivity contribution in [2.45, 2.75) is 12.5 Å². The summed E-state index contributed by atoms with van der Waals surface area (Å²) >= 11 is 0. The number of amides is 1. The molecule has 0 saturated heterocycles. The standard InChI is InChI=1S/C9H10NO2/c10-9(12)8(11)6-7-4-2-1-3-5-7/h1-5,8,10-11H,6H2. The van der Waals surface area contributed by atoms with Gasteiger partial charge in [0.05, 0.1) is 0 Å². The molecule has 0 fully saturated rings. The maximum Gasteiger partial charge on any atom is 0.267 e. The Morgan fingerprint density at radius 3 is 2.50 bits per heavy atom. The van der Waals surface area contributed by atoms with Crippen molar-refractivity contribution in [2.24, 2.45) is 0 Å². The topological polar surface area (TPSA) is 61.1 Å². The Kier molecular flexibility index (Phi) is 2.82. The van der Waals surface area contributed by atoms with E-state index in [2.05, 4.69) is 0 Å². The number of carbonyl (C=O) groups excluding carboxylic acids is 1. The maximum absolute atomic E-state index is 10.4. The Hall–Kier alpha value is -1.35. The van der Waals surface area contributed by atoms with Gasteiger partial charge in [0.15, 0.2) is 0 Å². The van der Waals surface area contributed by atoms with Crippen molar-refractivity contribution in [1.29, 1.82) is 0 Å². The van der Waals surface area contributed by atoms with E-state index in [9.17, 15) is 4.79 Å². The minimum absolute atomic E-state index is 0.225. The zero-order chi connectivity index (χ0) is 8.97. The second-order valence-electron chi connectivity index (χ2n) is 2.57. The lowest BCUT2D eigenvalue weighted by atomic mass is 10.1. The molecule has 1 atom stereocenters. The first kappa shape index (κ1) is 8.74. The molecule has 3 nitrogen and oxygen atoms in total. The van der Waals surface area contributed by atoms with E-state index in [1.54, 1.807) is 0 Å². The molecule has 1 radical (unpaired) electrons. The highest BCUT2D eigenvalue weighted by Crippen LogP contribution is 2.02. The molecule has 0 saturated carbocycles. The summed E-state index contributed by atoms with van der Waals surface area (Å²) in [7, 11) is 0. The first-order valence-corrected chi connectivity index (χ1v) is 3.67. The summed E-state index contributed by atoms with van der Waals surface area (Å²) in [5.41, 5.74) is 7.51. The van der Waals surface area contributed by atoms with E-state index in [-0.39, 0.29) is 6.42 Å². The van der Waals surface area contributed by atoms with E-state index in [1.165, 1.54) is 0 Å². The van der Waals surface area contributed by atoms with Crippen LogP contribution in [-0.4, -0.2) is 17.1 Å². The molecule has 0 aliphatic heterocycles. The van der Waals surface area contributed by atoms with E-state index in [0.29, 0.717) is 0 Å². The molecule has 1 aromatic rings. The van der Waals surface area contributed by atoms with Crippen LogP contribution in [0.2, 0.25) is 0 Å². The zero-order valence-corrected chi connectivity index (χ0v) is 6.53. The highest BCUT2D eigenvalue weighted by Gasteiger charge is 2.11. The molecule has 1 rings (SSSR count). The van der Waals surface area contributed by atoms with E-state index in [1.807, 2.05) is 30.3 Å². The molecular weight excluding hydrogens is 154 g/mol. The minimum Gasteiger partial charge on any atom is -0.383 e. The predicted molar refractivity (Wildman–Crippen MR) is 44.3 cm³/mol. The van der Waals surface area contributed by atoms with Crippen LogP contribution in [0.25, 0.3) is 0 Å². The summed E-state index contributed by atoms with van der Waals surface area (Å²) in [4.78, 5) is 10.4. The molecule has 0 aliphatic carbocycles. The Morgan fingerprint density at radius 2 is 2.00 bits per heavy atom. The molecule has 63 valence electrons. The summed E-state index contributed by atoms with van der Waals surface area (Å²) in [5.74, 6) is -0.932. The number of rotatable bonds is 3. The average molecular weight is 164 g/mol. The van der Waals surface area contributed by atoms with Crippen LogP contribution in [0, 0.1) is 0 Å². The fourth-order valence-electron chi connectivity index (χ4n) is 0.930. The average Bonchev–Trinajstić information content (AvgIpc) is 2.06. The molecule has 1 aromatic carbocycles. The molecule has 3 heteroatoms. The highest BCUT2D eigenvalue weighted by atomic mass is 16.3. The molecule has 0 spiro atoms. The second-order valence-corrected chi connectivity index (χ2v) is 2.57. The summed E-state index contributed by atoms with van der Waals surface area (Å²) in [6, 6.07) is 9.14. The van der Waals surface area contributed by atoms with Crippen molar-refractivity contribution in [2.75, 3.05) is 0 Å². The van der Waals surface area contributed by atoms with E-state index in [4.69, 9.17) is 10.8 Å². The van der Waals surface area contributed by atoms with Gasteiger partial charge in [0.25, 0.3) is 5.91 Å². The van der Waals surface area contributed by atoms with Crippen LogP contribution in [0.1, 0.15) is 5.56 Å². The molecule has 2 N–H and O–H groups in total. The Morgan fingerprint density at radius 1 is 1.42 bits per heavy atom. The molecule has 0 heterocycles. The number of aliphatic hydroxyl groups excluding tert-OH is 1. The fourth-order valence-corrected chi connectivity index (χ4v) is 0.930. The zero-order valence-electron chi connectivity index (χ0n) is 6.53. The Balaban J connectivity index is 2.58. The van der Waals surface area contributed by atoms with Crippen molar-refractivity contribution in [3.05, 3.63) is 35.9 Å². The lowest BCUT2D eigenvalue weighted by Gasteiger charge is -2.04. The monoisotopic (exact) mass is 164 g/mol. The number of carbonyl (C=O) groups is 1. The molecule has 12 heavy (non-hydrogen) atoms. The van der Waals surface area contributed by atoms with Crippen LogP contribution < -0.4 is 5.73 Å². The lowest BCUT2D eigenvalue weighted by Crippen LogP contribution is -2.23. The fraction of sp³-hybridized carbons (Fsp3) is 0.222. The summed E-state index contributed by atoms with van der Waals surface area (Å²) in [6.07, 6.45) is -0.962. The Bertz CT molecular complexity index is 258. The second kappa shape index (κ2) is 3.88. The van der Waals surface area contributed by atoms with Gasteiger partial charge in [-0.2, -0.15) is 0 Å². The lowest BCUT2D eigenvalue weighted by molar-refractivity contribution is -0.126. The SMILES string of the molecule is [NH]C(=O)C(O)Cc1ccccc1. The smallest absolute Gasteiger partial charge is 0.267 e. The van der Waals surface area contributed by atoms with Gasteiger partial charge in [-0.25, -0.2) is 0 Å². The van der Waals surface area contributed by atoms with Gasteiger partial charge in [0, 0.05) is 6.42 Å². The first-order valence-electron chi connectivity index (χ1n) is 3.67. The maximum atomic E-state index is 10.4. The first-order chi connectivity index (χ1) is 5.70. The minimum atomic E-state index is -1.19. The van der Waals surface area contributed by atoms with Gasteiger partial charge in [0.2, 0.25) is 0 Å². The molecule has 0 aliphatic rings. The summed E-state index contributed by atoms with van der Waals surface area (Å²) in [5, 5.41) is 9.04. The summed E-state index contributed by atoms with van der Waals surface area (Å²) < 4.78 is 0. The van der Waals surface area contributed by atoms with E-state index < -0.39 is 12.0 Å². The van der Waals surface area contributed by atoms with Gasteiger partial charge in [-0.15, -0.1) is 0 Å². The van der Waals surface area contributed by atoms with Crippen LogP contribution in [-0.2, 0) is 11.2 Å². The van der Waals surface area contributed by atoms with Crippen molar-refractivity contribution >= 4 is 5.91 Å². The van der Waals surface area contributed by atoms with Gasteiger partial charge in [-0.3, -0.25) is 10.5 Å². The molecular formula is C9H10NO2. The van der Waals surface area contributed by atoms with E-state index >= 15 is 0 Å². The largest absolute Gasteiger partial charge is 0.383 e. The van der Waals surface area contributed by atoms with Crippen molar-refractivity contribution in [3.63, 3.8) is 0 Å². The Labute approximate surface area is 70.8 Å². The number of hydrogen-bond acceptors (Lipinski definition) is 2. The van der Waals surface area contributed by atoms with Gasteiger partial charge in [0.1, 0.15) is 6.10 Å². The van der Waals surface area contributed by atoms with Crippen molar-refractivity contribution < 1.29 is 9.90 Å². The van der Waals surface area contributed by atoms with Crippen LogP contribution in [0.15, 0.2) is 30.3 Å². The predicted octanol–water partition coefficient (Wildman–Crippen LogP) is 0.399. The number of nitrogens with one attached hydrogen (secondary N) is 1. The molecule has 0 bridgehead atoms. The molecule has 0 aromatic heterocycles. The molecule has 1 unspecified atom stereocenters. The quantitative estimate of drug-likeness (QED) is 0.702. The van der Waals surface area contributed by atoms with Gasteiger partial charge in [-0.1, -0.05) is 30.3 Å². The number of hydrogen-bond donors (Lipinski definition) is 1. The number of aliphatic hydroxyl groups is 1. The third-order valence-electron chi connectivity index (χ3n) is 1.57. The third-order valence-corrected chi connectivity index (χ3v) is 1.57. The van der Waals surface area contributed by atoms with Gasteiger partial charge >= 0.3 is 0 Å². The van der Waals surface area contributed by atoms with Crippen molar-refractivity contribution in [1.82, 2.24) is 5.73 Å². The van der Waals surface area contributed by atoms with Crippen LogP contribution in [0.5, 0.6) is 0 Å². The van der Waals surface area contributed by atoms with Gasteiger partial charge < -0.3 is 5.11 Å². The van der Waals surface area contributed by atoms with Crippen LogP contribution in [0.3, 0.4) is 0 Å². The van der Waals surface area contributed by atoms with E-state index in [0.717, 1.165) is 5.56 Å². The van der Waals surface area contributed by atoms with Crippen LogP contribution in [0.4, 0.5) is 0 Å². The molecule has 1 amide bonds. The summed E-state index contributed by atoms with van der Waals surface area (Å²) in [6.45, 7) is 0. The highest BCUT2D eigenvalue weighted by molar-refractivity contribution is 5.78. The normalized spacial score (nSPS) is 12.4. The van der Waals surface area contributed by atoms with Gasteiger partial charge in [-0.05, 0) is 5.56 Å². The van der Waals surface area contributed by atoms with Crippen molar-refractivity contribution in [3.8, 4) is 0 Å². The number of benzene rings is 1.